The van der Waals surface area contributed by atoms with Gasteiger partial charge in [0.25, 0.3) is 5.69 Å². The molecule has 0 amide bonds. The minimum absolute atomic E-state index is 0.0683. The molecule has 5 aromatic carbocycles. The van der Waals surface area contributed by atoms with E-state index in [9.17, 15) is 10.1 Å². The molecule has 1 saturated heterocycles. The number of nitro groups is 1. The predicted octanol–water partition coefficient (Wildman–Crippen LogP) is 9.18. The van der Waals surface area contributed by atoms with Crippen molar-refractivity contribution in [3.05, 3.63) is 176 Å². The molecule has 2 atom stereocenters. The molecule has 0 spiro atoms. The van der Waals surface area contributed by atoms with E-state index in [0.29, 0.717) is 28.1 Å². The molecule has 0 saturated carbocycles. The largest absolute Gasteiger partial charge is 0.308 e. The smallest absolute Gasteiger partial charge is 0.276 e. The number of rotatable bonds is 10. The normalized spacial score (nSPS) is 17.0. The Morgan fingerprint density at radius 1 is 0.800 bits per heavy atom. The van der Waals surface area contributed by atoms with Crippen LogP contribution in [0.4, 0.5) is 5.69 Å². The number of halogens is 1. The highest BCUT2D eigenvalue weighted by atomic mass is 79.9. The quantitative estimate of drug-likeness (QED) is 0.0866. The van der Waals surface area contributed by atoms with Crippen LogP contribution in [0.15, 0.2) is 138 Å². The third kappa shape index (κ3) is 6.39. The van der Waals surface area contributed by atoms with Crippen molar-refractivity contribution in [1.82, 2.24) is 20.0 Å². The first kappa shape index (κ1) is 33.8. The standard InChI is InChI=1S/C42H42BrN5O2/c1-41(2,3)36-28-46(27-30-16-8-4-9-17-30)29-37(36)44-26-31-24-35-39(25-38(31)48(49)50)47(45-40(35)43)42(32-18-10-5-11-19-32,33-20-12-6-13-21-33)34-22-14-7-15-23-34/h4-25,36-37,44H,26-29H2,1-3H3. The van der Waals surface area contributed by atoms with E-state index in [2.05, 4.69) is 108 Å². The molecule has 0 aliphatic carbocycles. The van der Waals surface area contributed by atoms with Crippen molar-refractivity contribution in [2.45, 2.75) is 45.4 Å². The van der Waals surface area contributed by atoms with Gasteiger partial charge in [0.2, 0.25) is 0 Å². The van der Waals surface area contributed by atoms with E-state index in [-0.39, 0.29) is 22.1 Å². The Morgan fingerprint density at radius 3 is 1.82 bits per heavy atom. The van der Waals surface area contributed by atoms with Crippen molar-refractivity contribution < 1.29 is 4.92 Å². The van der Waals surface area contributed by atoms with Gasteiger partial charge in [-0.2, -0.15) is 5.10 Å². The van der Waals surface area contributed by atoms with Crippen LogP contribution in [0.25, 0.3) is 10.9 Å². The molecule has 1 aromatic heterocycles. The Hall–Kier alpha value is -4.63. The lowest BCUT2D eigenvalue weighted by Gasteiger charge is -2.37. The zero-order valence-corrected chi connectivity index (χ0v) is 30.3. The van der Waals surface area contributed by atoms with Gasteiger partial charge >= 0.3 is 0 Å². The molecule has 254 valence electrons. The molecule has 8 heteroatoms. The number of benzene rings is 5. The first-order valence-corrected chi connectivity index (χ1v) is 18.0. The topological polar surface area (TPSA) is 76.2 Å². The average Bonchev–Trinajstić information content (AvgIpc) is 3.69. The first-order valence-electron chi connectivity index (χ1n) is 17.2. The lowest BCUT2D eigenvalue weighted by Crippen LogP contribution is -2.41. The summed E-state index contributed by atoms with van der Waals surface area (Å²) in [6.45, 7) is 9.97. The molecule has 7 rings (SSSR count). The summed E-state index contributed by atoms with van der Waals surface area (Å²) in [5, 5.41) is 22.6. The van der Waals surface area contributed by atoms with Crippen molar-refractivity contribution in [3.8, 4) is 0 Å². The van der Waals surface area contributed by atoms with E-state index < -0.39 is 5.54 Å². The maximum absolute atomic E-state index is 12.8. The molecule has 50 heavy (non-hydrogen) atoms. The molecule has 0 bridgehead atoms. The summed E-state index contributed by atoms with van der Waals surface area (Å²) in [5.41, 5.74) is 4.83. The van der Waals surface area contributed by atoms with Crippen LogP contribution in [0.3, 0.4) is 0 Å². The summed E-state index contributed by atoms with van der Waals surface area (Å²) in [6.07, 6.45) is 0. The van der Waals surface area contributed by atoms with Crippen LogP contribution in [0.2, 0.25) is 0 Å². The van der Waals surface area contributed by atoms with E-state index in [0.717, 1.165) is 41.7 Å². The van der Waals surface area contributed by atoms with Gasteiger partial charge in [-0.15, -0.1) is 0 Å². The summed E-state index contributed by atoms with van der Waals surface area (Å²) >= 11 is 3.79. The third-order valence-corrected chi connectivity index (χ3v) is 10.8. The number of nitro benzene ring substituents is 1. The number of fused-ring (bicyclic) bond motifs is 1. The summed E-state index contributed by atoms with van der Waals surface area (Å²) in [7, 11) is 0. The molecule has 1 aliphatic rings. The van der Waals surface area contributed by atoms with Crippen LogP contribution in [0, 0.1) is 21.4 Å². The van der Waals surface area contributed by atoms with Gasteiger partial charge in [-0.25, -0.2) is 4.68 Å². The molecule has 2 unspecified atom stereocenters. The Bertz CT molecular complexity index is 1980. The Labute approximate surface area is 302 Å². The minimum Gasteiger partial charge on any atom is -0.308 e. The van der Waals surface area contributed by atoms with E-state index in [1.807, 2.05) is 71.4 Å². The highest BCUT2D eigenvalue weighted by molar-refractivity contribution is 9.10. The minimum atomic E-state index is -0.909. The molecule has 7 nitrogen and oxygen atoms in total. The van der Waals surface area contributed by atoms with Gasteiger partial charge < -0.3 is 5.32 Å². The molecule has 0 radical (unpaired) electrons. The monoisotopic (exact) mass is 727 g/mol. The van der Waals surface area contributed by atoms with E-state index in [4.69, 9.17) is 5.10 Å². The molecule has 1 N–H and O–H groups in total. The van der Waals surface area contributed by atoms with Gasteiger partial charge in [0.1, 0.15) is 10.1 Å². The fourth-order valence-electron chi connectivity index (χ4n) is 7.81. The maximum atomic E-state index is 12.8. The van der Waals surface area contributed by atoms with Gasteiger partial charge in [0.15, 0.2) is 0 Å². The number of aromatic nitrogens is 2. The summed E-state index contributed by atoms with van der Waals surface area (Å²) in [5.74, 6) is 0.381. The second-order valence-electron chi connectivity index (χ2n) is 14.4. The third-order valence-electron chi connectivity index (χ3n) is 10.2. The average molecular weight is 729 g/mol. The van der Waals surface area contributed by atoms with Crippen LogP contribution in [0.5, 0.6) is 0 Å². The van der Waals surface area contributed by atoms with E-state index in [1.54, 1.807) is 6.07 Å². The summed E-state index contributed by atoms with van der Waals surface area (Å²) < 4.78 is 2.60. The van der Waals surface area contributed by atoms with Crippen LogP contribution in [0.1, 0.15) is 48.6 Å². The van der Waals surface area contributed by atoms with Gasteiger partial charge in [0, 0.05) is 49.2 Å². The van der Waals surface area contributed by atoms with E-state index >= 15 is 0 Å². The van der Waals surface area contributed by atoms with Gasteiger partial charge in [-0.3, -0.25) is 15.0 Å². The second-order valence-corrected chi connectivity index (χ2v) is 15.2. The van der Waals surface area contributed by atoms with Gasteiger partial charge in [0.05, 0.1) is 10.4 Å². The lowest BCUT2D eigenvalue weighted by atomic mass is 9.77. The Balaban J connectivity index is 1.31. The van der Waals surface area contributed by atoms with Crippen molar-refractivity contribution in [2.75, 3.05) is 13.1 Å². The Kier molecular flexibility index (Phi) is 9.44. The first-order chi connectivity index (χ1) is 24.2. The number of hydrogen-bond acceptors (Lipinski definition) is 5. The summed E-state index contributed by atoms with van der Waals surface area (Å²) in [6, 6.07) is 45.2. The lowest BCUT2D eigenvalue weighted by molar-refractivity contribution is -0.385. The van der Waals surface area contributed by atoms with Crippen LogP contribution in [-0.4, -0.2) is 38.7 Å². The molecular formula is C42H42BrN5O2. The van der Waals surface area contributed by atoms with Crippen molar-refractivity contribution in [3.63, 3.8) is 0 Å². The van der Waals surface area contributed by atoms with Crippen LogP contribution >= 0.6 is 15.9 Å². The number of hydrogen-bond donors (Lipinski definition) is 1. The highest BCUT2D eigenvalue weighted by Gasteiger charge is 2.42. The summed E-state index contributed by atoms with van der Waals surface area (Å²) in [4.78, 5) is 15.1. The molecule has 1 aliphatic heterocycles. The zero-order chi connectivity index (χ0) is 34.9. The van der Waals surface area contributed by atoms with Gasteiger partial charge in [-0.1, -0.05) is 142 Å². The molecular weight excluding hydrogens is 686 g/mol. The van der Waals surface area contributed by atoms with E-state index in [1.165, 1.54) is 5.56 Å². The maximum Gasteiger partial charge on any atom is 0.276 e. The van der Waals surface area contributed by atoms with Crippen LogP contribution < -0.4 is 5.32 Å². The van der Waals surface area contributed by atoms with Crippen LogP contribution in [-0.2, 0) is 18.6 Å². The number of likely N-dealkylation sites (tertiary alicyclic amines) is 1. The predicted molar refractivity (Wildman–Crippen MR) is 204 cm³/mol. The van der Waals surface area contributed by atoms with Crippen molar-refractivity contribution in [2.24, 2.45) is 11.3 Å². The highest BCUT2D eigenvalue weighted by Crippen LogP contribution is 2.44. The molecule has 2 heterocycles. The number of nitrogens with one attached hydrogen (secondary N) is 1. The molecule has 6 aromatic rings. The Morgan fingerprint density at radius 2 is 1.32 bits per heavy atom. The van der Waals surface area contributed by atoms with Crippen molar-refractivity contribution in [1.29, 1.82) is 0 Å². The van der Waals surface area contributed by atoms with Crippen molar-refractivity contribution >= 4 is 32.5 Å². The molecule has 1 fully saturated rings. The van der Waals surface area contributed by atoms with Gasteiger partial charge in [-0.05, 0) is 55.6 Å². The fraction of sp³-hybridized carbons (Fsp3) is 0.262. The fourth-order valence-corrected chi connectivity index (χ4v) is 8.29. The number of nitrogens with zero attached hydrogens (tertiary/aromatic N) is 4. The second kappa shape index (κ2) is 13.9. The SMILES string of the molecule is CC(C)(C)C1CN(Cc2ccccc2)CC1NCc1cc2c(Br)nn(C(c3ccccc3)(c3ccccc3)c3ccccc3)c2cc1[N+](=O)[O-]. The zero-order valence-electron chi connectivity index (χ0n) is 28.7.